The van der Waals surface area contributed by atoms with Crippen LogP contribution in [0, 0.1) is 11.3 Å². The number of aliphatic imine (C=N–C) groups is 1. The molecule has 0 aromatic heterocycles. The highest BCUT2D eigenvalue weighted by molar-refractivity contribution is 5.97. The summed E-state index contributed by atoms with van der Waals surface area (Å²) in [6.45, 7) is 0. The van der Waals surface area contributed by atoms with E-state index in [1.54, 1.807) is 20.2 Å². The van der Waals surface area contributed by atoms with Crippen molar-refractivity contribution in [1.82, 2.24) is 4.90 Å². The molecule has 90 valence electrons. The molecule has 3 nitrogen and oxygen atoms in total. The van der Waals surface area contributed by atoms with Gasteiger partial charge in [-0.2, -0.15) is 18.4 Å². The standard InChI is InChI=1S/C11H10F3N3/c1-17(2)10(7-15)16-9-5-3-4-8(6-9)11(12,13)14/h3-6H,1-2H3. The van der Waals surface area contributed by atoms with E-state index in [1.807, 2.05) is 0 Å². The van der Waals surface area contributed by atoms with Crippen LogP contribution in [0.2, 0.25) is 0 Å². The minimum atomic E-state index is -4.41. The highest BCUT2D eigenvalue weighted by Gasteiger charge is 2.30. The van der Waals surface area contributed by atoms with E-state index in [1.165, 1.54) is 17.0 Å². The van der Waals surface area contributed by atoms with Crippen LogP contribution in [-0.2, 0) is 6.18 Å². The lowest BCUT2D eigenvalue weighted by Crippen LogP contribution is -2.19. The van der Waals surface area contributed by atoms with Crippen LogP contribution in [0.15, 0.2) is 29.3 Å². The first-order valence-electron chi connectivity index (χ1n) is 4.68. The van der Waals surface area contributed by atoms with Gasteiger partial charge in [0.15, 0.2) is 0 Å². The smallest absolute Gasteiger partial charge is 0.354 e. The number of halogens is 3. The van der Waals surface area contributed by atoms with Crippen molar-refractivity contribution in [2.75, 3.05) is 14.1 Å². The Morgan fingerprint density at radius 3 is 2.47 bits per heavy atom. The van der Waals surface area contributed by atoms with Crippen LogP contribution >= 0.6 is 0 Å². The molecule has 0 aliphatic heterocycles. The van der Waals surface area contributed by atoms with Crippen molar-refractivity contribution in [3.63, 3.8) is 0 Å². The first-order chi connectivity index (χ1) is 7.84. The molecule has 0 radical (unpaired) electrons. The number of benzene rings is 1. The maximum Gasteiger partial charge on any atom is 0.416 e. The summed E-state index contributed by atoms with van der Waals surface area (Å²) < 4.78 is 37.3. The van der Waals surface area contributed by atoms with Gasteiger partial charge in [0.25, 0.3) is 0 Å². The predicted molar refractivity (Wildman–Crippen MR) is 57.8 cm³/mol. The maximum absolute atomic E-state index is 12.4. The summed E-state index contributed by atoms with van der Waals surface area (Å²) >= 11 is 0. The van der Waals surface area contributed by atoms with Gasteiger partial charge in [-0.3, -0.25) is 0 Å². The third-order valence-corrected chi connectivity index (χ3v) is 1.93. The first-order valence-corrected chi connectivity index (χ1v) is 4.68. The Morgan fingerprint density at radius 1 is 1.35 bits per heavy atom. The van der Waals surface area contributed by atoms with Gasteiger partial charge < -0.3 is 4.90 Å². The van der Waals surface area contributed by atoms with Crippen LogP contribution < -0.4 is 0 Å². The molecule has 0 amide bonds. The second-order valence-corrected chi connectivity index (χ2v) is 3.49. The number of amidine groups is 1. The number of nitriles is 1. The van der Waals surface area contributed by atoms with Crippen molar-refractivity contribution in [2.45, 2.75) is 6.18 Å². The van der Waals surface area contributed by atoms with Gasteiger partial charge in [-0.15, -0.1) is 0 Å². The van der Waals surface area contributed by atoms with Crippen LogP contribution in [-0.4, -0.2) is 24.8 Å². The molecule has 17 heavy (non-hydrogen) atoms. The average Bonchev–Trinajstić information content (AvgIpc) is 2.24. The lowest BCUT2D eigenvalue weighted by atomic mass is 10.2. The van der Waals surface area contributed by atoms with Crippen LogP contribution in [0.4, 0.5) is 18.9 Å². The van der Waals surface area contributed by atoms with Crippen molar-refractivity contribution < 1.29 is 13.2 Å². The van der Waals surface area contributed by atoms with E-state index in [4.69, 9.17) is 5.26 Å². The van der Waals surface area contributed by atoms with E-state index in [9.17, 15) is 13.2 Å². The maximum atomic E-state index is 12.4. The fraction of sp³-hybridized carbons (Fsp3) is 0.273. The monoisotopic (exact) mass is 241 g/mol. The fourth-order valence-corrected chi connectivity index (χ4v) is 1.10. The van der Waals surface area contributed by atoms with Gasteiger partial charge in [0.1, 0.15) is 6.07 Å². The number of nitrogens with zero attached hydrogens (tertiary/aromatic N) is 3. The Balaban J connectivity index is 3.14. The summed E-state index contributed by atoms with van der Waals surface area (Å²) in [5.74, 6) is 0.0457. The van der Waals surface area contributed by atoms with Crippen molar-refractivity contribution in [2.24, 2.45) is 4.99 Å². The molecule has 0 unspecified atom stereocenters. The molecular formula is C11H10F3N3. The van der Waals surface area contributed by atoms with Crippen LogP contribution in [0.5, 0.6) is 0 Å². The molecule has 0 spiro atoms. The van der Waals surface area contributed by atoms with E-state index in [2.05, 4.69) is 4.99 Å². The fourth-order valence-electron chi connectivity index (χ4n) is 1.10. The third-order valence-electron chi connectivity index (χ3n) is 1.93. The van der Waals surface area contributed by atoms with Gasteiger partial charge in [-0.25, -0.2) is 4.99 Å². The minimum Gasteiger partial charge on any atom is -0.354 e. The van der Waals surface area contributed by atoms with Gasteiger partial charge in [0.2, 0.25) is 5.84 Å². The van der Waals surface area contributed by atoms with Crippen LogP contribution in [0.1, 0.15) is 5.56 Å². The zero-order chi connectivity index (χ0) is 13.1. The SMILES string of the molecule is CN(C)C(C#N)=Nc1cccc(C(F)(F)F)c1. The molecule has 0 atom stereocenters. The summed E-state index contributed by atoms with van der Waals surface area (Å²) in [5.41, 5.74) is -0.681. The topological polar surface area (TPSA) is 39.4 Å². The van der Waals surface area contributed by atoms with Crippen molar-refractivity contribution in [3.8, 4) is 6.07 Å². The molecule has 6 heteroatoms. The molecule has 0 saturated heterocycles. The molecule has 1 aromatic carbocycles. The van der Waals surface area contributed by atoms with Crippen molar-refractivity contribution in [3.05, 3.63) is 29.8 Å². The lowest BCUT2D eigenvalue weighted by Gasteiger charge is -2.09. The predicted octanol–water partition coefficient (Wildman–Crippen LogP) is 2.82. The second kappa shape index (κ2) is 4.87. The van der Waals surface area contributed by atoms with Crippen molar-refractivity contribution in [1.29, 1.82) is 5.26 Å². The number of hydrogen-bond donors (Lipinski definition) is 0. The van der Waals surface area contributed by atoms with Gasteiger partial charge in [0.05, 0.1) is 11.3 Å². The molecule has 0 fully saturated rings. The van der Waals surface area contributed by atoms with Crippen LogP contribution in [0.3, 0.4) is 0 Å². The van der Waals surface area contributed by atoms with Gasteiger partial charge in [-0.1, -0.05) is 6.07 Å². The molecule has 0 heterocycles. The van der Waals surface area contributed by atoms with E-state index in [0.29, 0.717) is 0 Å². The Labute approximate surface area is 96.8 Å². The molecule has 0 N–H and O–H groups in total. The van der Waals surface area contributed by atoms with E-state index >= 15 is 0 Å². The highest BCUT2D eigenvalue weighted by Crippen LogP contribution is 2.31. The Bertz CT molecular complexity index is 470. The molecule has 0 aliphatic carbocycles. The molecule has 0 aliphatic rings. The minimum absolute atomic E-state index is 0.0457. The lowest BCUT2D eigenvalue weighted by molar-refractivity contribution is -0.137. The molecule has 1 rings (SSSR count). The Kier molecular flexibility index (Phi) is 3.73. The number of alkyl halides is 3. The van der Waals surface area contributed by atoms with Gasteiger partial charge in [0, 0.05) is 14.1 Å². The molecular weight excluding hydrogens is 231 g/mol. The third kappa shape index (κ3) is 3.48. The normalized spacial score (nSPS) is 12.1. The van der Waals surface area contributed by atoms with Gasteiger partial charge >= 0.3 is 6.18 Å². The molecule has 0 saturated carbocycles. The quantitative estimate of drug-likeness (QED) is 0.560. The summed E-state index contributed by atoms with van der Waals surface area (Å²) in [4.78, 5) is 5.26. The molecule has 1 aromatic rings. The number of rotatable bonds is 1. The summed E-state index contributed by atoms with van der Waals surface area (Å²) in [6.07, 6.45) is -4.41. The zero-order valence-corrected chi connectivity index (χ0v) is 9.28. The van der Waals surface area contributed by atoms with Crippen molar-refractivity contribution >= 4 is 11.5 Å². The first kappa shape index (κ1) is 13.0. The van der Waals surface area contributed by atoms with Gasteiger partial charge in [-0.05, 0) is 18.2 Å². The second-order valence-electron chi connectivity index (χ2n) is 3.49. The van der Waals surface area contributed by atoms with E-state index < -0.39 is 11.7 Å². The highest BCUT2D eigenvalue weighted by atomic mass is 19.4. The van der Waals surface area contributed by atoms with E-state index in [0.717, 1.165) is 12.1 Å². The molecule has 0 bridgehead atoms. The summed E-state index contributed by atoms with van der Waals surface area (Å²) in [5, 5.41) is 8.74. The zero-order valence-electron chi connectivity index (χ0n) is 9.28. The van der Waals surface area contributed by atoms with E-state index in [-0.39, 0.29) is 11.5 Å². The number of hydrogen-bond acceptors (Lipinski definition) is 2. The summed E-state index contributed by atoms with van der Waals surface area (Å²) in [7, 11) is 3.19. The average molecular weight is 241 g/mol. The summed E-state index contributed by atoms with van der Waals surface area (Å²) in [6, 6.07) is 6.33. The Morgan fingerprint density at radius 2 is 2.00 bits per heavy atom. The Hall–Kier alpha value is -2.03. The largest absolute Gasteiger partial charge is 0.416 e. The van der Waals surface area contributed by atoms with Crippen LogP contribution in [0.25, 0.3) is 0 Å².